The van der Waals surface area contributed by atoms with Crippen LogP contribution in [-0.2, 0) is 19.6 Å². The van der Waals surface area contributed by atoms with Gasteiger partial charge in [-0.2, -0.15) is 0 Å². The molecule has 0 aliphatic carbocycles. The number of rotatable bonds is 9. The SMILES string of the molecule is N=C(N)N1CCCC(CNC(=O)C[C@@H](NS(=O)(=O)c2ccc3ccccc3c2)C(=O)C2CCCCCN2)C1. The topological polar surface area (TPSA) is 157 Å². The molecule has 0 bridgehead atoms. The quantitative estimate of drug-likeness (QED) is 0.238. The Labute approximate surface area is 224 Å². The molecule has 2 aliphatic rings. The Bertz CT molecular complexity index is 1260. The van der Waals surface area contributed by atoms with Crippen LogP contribution in [0.2, 0.25) is 0 Å². The lowest BCUT2D eigenvalue weighted by molar-refractivity contribution is -0.128. The summed E-state index contributed by atoms with van der Waals surface area (Å²) >= 11 is 0. The van der Waals surface area contributed by atoms with Gasteiger partial charge in [-0.25, -0.2) is 13.1 Å². The van der Waals surface area contributed by atoms with Crippen molar-refractivity contribution in [1.82, 2.24) is 20.3 Å². The van der Waals surface area contributed by atoms with Crippen molar-refractivity contribution >= 4 is 38.4 Å². The maximum Gasteiger partial charge on any atom is 0.241 e. The Balaban J connectivity index is 1.47. The normalized spacial score (nSPS) is 21.4. The van der Waals surface area contributed by atoms with E-state index < -0.39 is 28.0 Å². The predicted octanol–water partition coefficient (Wildman–Crippen LogP) is 1.70. The number of amides is 1. The van der Waals surface area contributed by atoms with Crippen molar-refractivity contribution in [2.24, 2.45) is 11.7 Å². The Hall–Kier alpha value is -3.02. The molecule has 10 nitrogen and oxygen atoms in total. The van der Waals surface area contributed by atoms with Gasteiger partial charge >= 0.3 is 0 Å². The van der Waals surface area contributed by atoms with Crippen LogP contribution in [0, 0.1) is 11.3 Å². The second-order valence-corrected chi connectivity index (χ2v) is 12.0. The van der Waals surface area contributed by atoms with Gasteiger partial charge in [0, 0.05) is 19.6 Å². The Kier molecular flexibility index (Phi) is 9.35. The maximum absolute atomic E-state index is 13.5. The summed E-state index contributed by atoms with van der Waals surface area (Å²) in [7, 11) is -4.06. The smallest absolute Gasteiger partial charge is 0.241 e. The third-order valence-electron chi connectivity index (χ3n) is 7.41. The van der Waals surface area contributed by atoms with Crippen LogP contribution in [0.3, 0.4) is 0 Å². The second-order valence-electron chi connectivity index (χ2n) is 10.3. The van der Waals surface area contributed by atoms with E-state index in [9.17, 15) is 18.0 Å². The van der Waals surface area contributed by atoms with E-state index in [-0.39, 0.29) is 29.0 Å². The summed E-state index contributed by atoms with van der Waals surface area (Å²) in [5.41, 5.74) is 5.62. The number of nitrogens with zero attached hydrogens (tertiary/aromatic N) is 1. The molecule has 6 N–H and O–H groups in total. The summed E-state index contributed by atoms with van der Waals surface area (Å²) in [6.45, 7) is 2.36. The third kappa shape index (κ3) is 7.30. The van der Waals surface area contributed by atoms with E-state index in [1.165, 1.54) is 6.07 Å². The molecule has 0 spiro atoms. The molecule has 11 heteroatoms. The van der Waals surface area contributed by atoms with Crippen molar-refractivity contribution in [1.29, 1.82) is 5.41 Å². The number of nitrogens with two attached hydrogens (primary N) is 1. The first-order valence-corrected chi connectivity index (χ1v) is 14.8. The average molecular weight is 543 g/mol. The summed E-state index contributed by atoms with van der Waals surface area (Å²) in [6, 6.07) is 10.6. The van der Waals surface area contributed by atoms with E-state index in [1.807, 2.05) is 24.3 Å². The van der Waals surface area contributed by atoms with Crippen molar-refractivity contribution < 1.29 is 18.0 Å². The number of likely N-dealkylation sites (tertiary alicyclic amines) is 1. The fourth-order valence-electron chi connectivity index (χ4n) is 5.27. The predicted molar refractivity (Wildman–Crippen MR) is 147 cm³/mol. The van der Waals surface area contributed by atoms with E-state index >= 15 is 0 Å². The zero-order valence-corrected chi connectivity index (χ0v) is 22.4. The lowest BCUT2D eigenvalue weighted by Crippen LogP contribution is -2.52. The number of hydrogen-bond acceptors (Lipinski definition) is 6. The van der Waals surface area contributed by atoms with Gasteiger partial charge in [-0.1, -0.05) is 43.2 Å². The minimum atomic E-state index is -4.06. The van der Waals surface area contributed by atoms with Gasteiger partial charge in [0.1, 0.15) is 0 Å². The third-order valence-corrected chi connectivity index (χ3v) is 8.88. The van der Waals surface area contributed by atoms with Crippen LogP contribution in [0.1, 0.15) is 44.9 Å². The van der Waals surface area contributed by atoms with Crippen LogP contribution in [-0.4, -0.2) is 69.2 Å². The fraction of sp³-hybridized carbons (Fsp3) is 0.519. The number of fused-ring (bicyclic) bond motifs is 1. The minimum absolute atomic E-state index is 0.0192. The first-order valence-electron chi connectivity index (χ1n) is 13.4. The van der Waals surface area contributed by atoms with Gasteiger partial charge < -0.3 is 21.3 Å². The number of sulfonamides is 1. The highest BCUT2D eigenvalue weighted by molar-refractivity contribution is 7.89. The molecular weight excluding hydrogens is 504 g/mol. The van der Waals surface area contributed by atoms with Crippen molar-refractivity contribution in [3.63, 3.8) is 0 Å². The molecule has 0 saturated carbocycles. The molecular formula is C27H38N6O4S. The van der Waals surface area contributed by atoms with Crippen LogP contribution in [0.4, 0.5) is 0 Å². The number of nitrogens with one attached hydrogen (secondary N) is 4. The standard InChI is InChI=1S/C27H38N6O4S/c28-27(29)33-14-6-7-19(18-33)17-31-25(34)16-24(26(35)23-10-2-1-5-13-30-23)32-38(36,37)22-12-11-20-8-3-4-9-21(20)15-22/h3-4,8-9,11-12,15,19,23-24,30,32H,1-2,5-7,10,13-14,16-18H2,(H3,28,29)(H,31,34)/t19?,23?,24-/m1/s1. The van der Waals surface area contributed by atoms with Gasteiger partial charge in [0.25, 0.3) is 0 Å². The number of hydrogen-bond donors (Lipinski definition) is 5. The fourth-order valence-corrected chi connectivity index (χ4v) is 6.51. The van der Waals surface area contributed by atoms with E-state index in [2.05, 4.69) is 15.4 Å². The molecule has 2 fully saturated rings. The molecule has 0 radical (unpaired) electrons. The summed E-state index contributed by atoms with van der Waals surface area (Å²) in [5.74, 6) is -0.556. The summed E-state index contributed by atoms with van der Waals surface area (Å²) in [4.78, 5) is 28.3. The van der Waals surface area contributed by atoms with Crippen molar-refractivity contribution in [3.8, 4) is 0 Å². The summed E-state index contributed by atoms with van der Waals surface area (Å²) in [6.07, 6.45) is 4.92. The van der Waals surface area contributed by atoms with Crippen molar-refractivity contribution in [3.05, 3.63) is 42.5 Å². The van der Waals surface area contributed by atoms with Crippen LogP contribution >= 0.6 is 0 Å². The molecule has 2 unspecified atom stereocenters. The number of carbonyl (C=O) groups is 2. The second kappa shape index (κ2) is 12.7. The summed E-state index contributed by atoms with van der Waals surface area (Å²) < 4.78 is 29.3. The van der Waals surface area contributed by atoms with Gasteiger partial charge in [-0.15, -0.1) is 0 Å². The minimum Gasteiger partial charge on any atom is -0.370 e. The molecule has 2 aromatic rings. The number of Topliss-reactive ketones (excluding diaryl/α,β-unsaturated/α-hetero) is 1. The Morgan fingerprint density at radius 3 is 2.66 bits per heavy atom. The molecule has 2 heterocycles. The first kappa shape index (κ1) is 28.0. The average Bonchev–Trinajstić information content (AvgIpc) is 3.20. The number of guanidine groups is 1. The van der Waals surface area contributed by atoms with Crippen LogP contribution in [0.25, 0.3) is 10.8 Å². The molecule has 3 atom stereocenters. The van der Waals surface area contributed by atoms with Gasteiger partial charge in [0.05, 0.1) is 23.4 Å². The molecule has 4 rings (SSSR count). The molecule has 206 valence electrons. The van der Waals surface area contributed by atoms with E-state index in [0.29, 0.717) is 26.1 Å². The van der Waals surface area contributed by atoms with E-state index in [0.717, 1.165) is 49.4 Å². The van der Waals surface area contributed by atoms with Gasteiger partial charge in [-0.05, 0) is 61.1 Å². The number of carbonyl (C=O) groups excluding carboxylic acids is 2. The molecule has 1 amide bonds. The first-order chi connectivity index (χ1) is 18.2. The lowest BCUT2D eigenvalue weighted by atomic mass is 9.97. The zero-order chi connectivity index (χ0) is 27.1. The number of benzene rings is 2. The number of piperidine rings is 1. The van der Waals surface area contributed by atoms with Gasteiger partial charge in [0.15, 0.2) is 11.7 Å². The molecule has 38 heavy (non-hydrogen) atoms. The van der Waals surface area contributed by atoms with Gasteiger partial charge in [-0.3, -0.25) is 15.0 Å². The lowest BCUT2D eigenvalue weighted by Gasteiger charge is -2.33. The Morgan fingerprint density at radius 1 is 1.08 bits per heavy atom. The summed E-state index contributed by atoms with van der Waals surface area (Å²) in [5, 5.41) is 15.4. The van der Waals surface area contributed by atoms with Crippen LogP contribution < -0.4 is 21.1 Å². The Morgan fingerprint density at radius 2 is 1.87 bits per heavy atom. The van der Waals surface area contributed by atoms with E-state index in [4.69, 9.17) is 11.1 Å². The highest BCUT2D eigenvalue weighted by Crippen LogP contribution is 2.21. The van der Waals surface area contributed by atoms with Crippen LogP contribution in [0.5, 0.6) is 0 Å². The number of ketones is 1. The van der Waals surface area contributed by atoms with Crippen LogP contribution in [0.15, 0.2) is 47.4 Å². The maximum atomic E-state index is 13.5. The largest absolute Gasteiger partial charge is 0.370 e. The van der Waals surface area contributed by atoms with Gasteiger partial charge in [0.2, 0.25) is 15.9 Å². The highest BCUT2D eigenvalue weighted by atomic mass is 32.2. The molecule has 2 aliphatic heterocycles. The molecule has 2 aromatic carbocycles. The molecule has 0 aromatic heterocycles. The van der Waals surface area contributed by atoms with E-state index in [1.54, 1.807) is 17.0 Å². The van der Waals surface area contributed by atoms with Crippen molar-refractivity contribution in [2.45, 2.75) is 61.9 Å². The highest BCUT2D eigenvalue weighted by Gasteiger charge is 2.33. The van der Waals surface area contributed by atoms with Crippen molar-refractivity contribution in [2.75, 3.05) is 26.2 Å². The monoisotopic (exact) mass is 542 g/mol. The zero-order valence-electron chi connectivity index (χ0n) is 21.6. The molecule has 2 saturated heterocycles.